The second kappa shape index (κ2) is 4.72. The molecule has 0 radical (unpaired) electrons. The van der Waals surface area contributed by atoms with Gasteiger partial charge in [-0.25, -0.2) is 4.39 Å². The van der Waals surface area contributed by atoms with Crippen LogP contribution in [0.3, 0.4) is 0 Å². The minimum absolute atomic E-state index is 0.146. The van der Waals surface area contributed by atoms with Crippen molar-refractivity contribution in [2.24, 2.45) is 0 Å². The maximum atomic E-state index is 13.6. The Morgan fingerprint density at radius 1 is 1.31 bits per heavy atom. The van der Waals surface area contributed by atoms with Crippen LogP contribution in [0.2, 0.25) is 0 Å². The third-order valence-corrected chi connectivity index (χ3v) is 3.40. The van der Waals surface area contributed by atoms with Crippen molar-refractivity contribution in [3.63, 3.8) is 0 Å². The lowest BCUT2D eigenvalue weighted by atomic mass is 10.2. The van der Waals surface area contributed by atoms with Gasteiger partial charge in [0, 0.05) is 4.90 Å². The summed E-state index contributed by atoms with van der Waals surface area (Å²) in [7, 11) is 0. The van der Waals surface area contributed by atoms with Gasteiger partial charge in [0.05, 0.1) is 17.8 Å². The number of hydrogen-bond acceptors (Lipinski definition) is 3. The summed E-state index contributed by atoms with van der Waals surface area (Å²) in [5, 5.41) is 8.87. The first-order chi connectivity index (χ1) is 7.70. The van der Waals surface area contributed by atoms with Crippen LogP contribution < -0.4 is 0 Å². The molecule has 2 nitrogen and oxygen atoms in total. The Morgan fingerprint density at radius 2 is 2.12 bits per heavy atom. The number of aryl methyl sites for hydroxylation is 1. The van der Waals surface area contributed by atoms with Crippen molar-refractivity contribution in [3.05, 3.63) is 47.7 Å². The number of hydrogen-bond donors (Lipinski definition) is 1. The van der Waals surface area contributed by atoms with E-state index in [4.69, 9.17) is 9.52 Å². The molecule has 1 aromatic heterocycles. The summed E-state index contributed by atoms with van der Waals surface area (Å²) in [5.41, 5.74) is 0.575. The van der Waals surface area contributed by atoms with E-state index < -0.39 is 0 Å². The molecule has 16 heavy (non-hydrogen) atoms. The highest BCUT2D eigenvalue weighted by Gasteiger charge is 2.08. The van der Waals surface area contributed by atoms with Crippen LogP contribution in [0.4, 0.5) is 4.39 Å². The fourth-order valence-electron chi connectivity index (χ4n) is 1.32. The molecule has 0 aliphatic carbocycles. The van der Waals surface area contributed by atoms with Gasteiger partial charge in [0.2, 0.25) is 0 Å². The van der Waals surface area contributed by atoms with Crippen molar-refractivity contribution in [1.82, 2.24) is 0 Å². The van der Waals surface area contributed by atoms with Gasteiger partial charge < -0.3 is 9.52 Å². The molecule has 0 spiro atoms. The number of rotatable bonds is 3. The summed E-state index contributed by atoms with van der Waals surface area (Å²) in [5.74, 6) is 0.452. The lowest BCUT2D eigenvalue weighted by Crippen LogP contribution is -1.87. The lowest BCUT2D eigenvalue weighted by molar-refractivity contribution is 0.281. The standard InChI is InChI=1S/C12H11FO2S/c1-8-11(4-5-15-8)16-12-3-2-9(7-14)6-10(12)13/h2-6,14H,7H2,1H3. The van der Waals surface area contributed by atoms with Crippen LogP contribution >= 0.6 is 11.8 Å². The molecule has 0 bridgehead atoms. The minimum atomic E-state index is -0.322. The van der Waals surface area contributed by atoms with Gasteiger partial charge in [-0.15, -0.1) is 0 Å². The van der Waals surface area contributed by atoms with Crippen molar-refractivity contribution >= 4 is 11.8 Å². The molecule has 0 fully saturated rings. The summed E-state index contributed by atoms with van der Waals surface area (Å²) in [6, 6.07) is 6.52. The molecule has 0 aliphatic rings. The van der Waals surface area contributed by atoms with E-state index >= 15 is 0 Å². The molecule has 4 heteroatoms. The highest BCUT2D eigenvalue weighted by molar-refractivity contribution is 7.99. The summed E-state index contributed by atoms with van der Waals surface area (Å²) >= 11 is 1.32. The quantitative estimate of drug-likeness (QED) is 0.890. The fourth-order valence-corrected chi connectivity index (χ4v) is 2.17. The first-order valence-corrected chi connectivity index (χ1v) is 5.63. The van der Waals surface area contributed by atoms with Crippen LogP contribution in [0.15, 0.2) is 44.7 Å². The molecule has 0 amide bonds. The van der Waals surface area contributed by atoms with Crippen LogP contribution in [-0.2, 0) is 6.61 Å². The summed E-state index contributed by atoms with van der Waals surface area (Å²) in [6.45, 7) is 1.69. The topological polar surface area (TPSA) is 33.4 Å². The van der Waals surface area contributed by atoms with Crippen molar-refractivity contribution in [2.75, 3.05) is 0 Å². The average molecular weight is 238 g/mol. The van der Waals surface area contributed by atoms with Crippen molar-refractivity contribution in [1.29, 1.82) is 0 Å². The predicted octanol–water partition coefficient (Wildman–Crippen LogP) is 3.37. The normalized spacial score (nSPS) is 10.7. The number of benzene rings is 1. The van der Waals surface area contributed by atoms with E-state index in [-0.39, 0.29) is 12.4 Å². The van der Waals surface area contributed by atoms with E-state index in [1.165, 1.54) is 17.8 Å². The maximum absolute atomic E-state index is 13.6. The Balaban J connectivity index is 2.25. The highest BCUT2D eigenvalue weighted by atomic mass is 32.2. The second-order valence-electron chi connectivity index (χ2n) is 3.37. The van der Waals surface area contributed by atoms with Crippen LogP contribution in [0.5, 0.6) is 0 Å². The van der Waals surface area contributed by atoms with Crippen molar-refractivity contribution in [3.8, 4) is 0 Å². The Morgan fingerprint density at radius 3 is 2.69 bits per heavy atom. The molecule has 1 aromatic carbocycles. The molecular weight excluding hydrogens is 227 g/mol. The molecule has 0 aliphatic heterocycles. The molecule has 0 unspecified atom stereocenters. The lowest BCUT2D eigenvalue weighted by Gasteiger charge is -2.03. The molecule has 84 valence electrons. The van der Waals surface area contributed by atoms with Gasteiger partial charge in [0.1, 0.15) is 11.6 Å². The van der Waals surface area contributed by atoms with Crippen LogP contribution in [0.25, 0.3) is 0 Å². The molecule has 0 saturated heterocycles. The highest BCUT2D eigenvalue weighted by Crippen LogP contribution is 2.32. The minimum Gasteiger partial charge on any atom is -0.468 e. The zero-order valence-electron chi connectivity index (χ0n) is 8.74. The Kier molecular flexibility index (Phi) is 3.31. The van der Waals surface area contributed by atoms with Gasteiger partial charge in [-0.3, -0.25) is 0 Å². The maximum Gasteiger partial charge on any atom is 0.137 e. The number of furan rings is 1. The van der Waals surface area contributed by atoms with Gasteiger partial charge in [0.15, 0.2) is 0 Å². The second-order valence-corrected chi connectivity index (χ2v) is 4.45. The van der Waals surface area contributed by atoms with Gasteiger partial charge in [-0.1, -0.05) is 17.8 Å². The number of aliphatic hydroxyl groups excluding tert-OH is 1. The Hall–Kier alpha value is -1.26. The zero-order valence-corrected chi connectivity index (χ0v) is 9.55. The summed E-state index contributed by atoms with van der Waals surface area (Å²) in [6.07, 6.45) is 1.58. The van der Waals surface area contributed by atoms with E-state index in [0.717, 1.165) is 10.7 Å². The van der Waals surface area contributed by atoms with E-state index in [9.17, 15) is 4.39 Å². The van der Waals surface area contributed by atoms with Gasteiger partial charge >= 0.3 is 0 Å². The fraction of sp³-hybridized carbons (Fsp3) is 0.167. The van der Waals surface area contributed by atoms with Gasteiger partial charge in [-0.05, 0) is 30.7 Å². The molecule has 2 rings (SSSR count). The van der Waals surface area contributed by atoms with E-state index in [0.29, 0.717) is 10.5 Å². The number of halogens is 1. The molecule has 0 saturated carbocycles. The molecule has 1 N–H and O–H groups in total. The van der Waals surface area contributed by atoms with Gasteiger partial charge in [-0.2, -0.15) is 0 Å². The summed E-state index contributed by atoms with van der Waals surface area (Å²) in [4.78, 5) is 1.43. The zero-order chi connectivity index (χ0) is 11.5. The number of aliphatic hydroxyl groups is 1. The molecule has 1 heterocycles. The van der Waals surface area contributed by atoms with Crippen LogP contribution in [-0.4, -0.2) is 5.11 Å². The third-order valence-electron chi connectivity index (χ3n) is 2.21. The van der Waals surface area contributed by atoms with E-state index in [1.807, 2.05) is 6.92 Å². The Bertz CT molecular complexity index is 494. The van der Waals surface area contributed by atoms with Crippen LogP contribution in [0, 0.1) is 12.7 Å². The van der Waals surface area contributed by atoms with E-state index in [1.54, 1.807) is 24.5 Å². The first kappa shape index (κ1) is 11.2. The van der Waals surface area contributed by atoms with Crippen molar-refractivity contribution in [2.45, 2.75) is 23.3 Å². The monoisotopic (exact) mass is 238 g/mol. The summed E-state index contributed by atoms with van der Waals surface area (Å²) < 4.78 is 18.7. The predicted molar refractivity (Wildman–Crippen MR) is 59.9 cm³/mol. The SMILES string of the molecule is Cc1occc1Sc1ccc(CO)cc1F. The van der Waals surface area contributed by atoms with E-state index in [2.05, 4.69) is 0 Å². The Labute approximate surface area is 97.1 Å². The smallest absolute Gasteiger partial charge is 0.137 e. The average Bonchev–Trinajstić information content (AvgIpc) is 2.67. The molecule has 0 atom stereocenters. The third kappa shape index (κ3) is 2.28. The van der Waals surface area contributed by atoms with Gasteiger partial charge in [0.25, 0.3) is 0 Å². The first-order valence-electron chi connectivity index (χ1n) is 4.82. The van der Waals surface area contributed by atoms with Crippen LogP contribution in [0.1, 0.15) is 11.3 Å². The molecule has 2 aromatic rings. The molecular formula is C12H11FO2S. The largest absolute Gasteiger partial charge is 0.468 e. The van der Waals surface area contributed by atoms with Crippen molar-refractivity contribution < 1.29 is 13.9 Å².